The number of halogens is 1. The Labute approximate surface area is 194 Å². The molecule has 4 aromatic rings. The average Bonchev–Trinajstić information content (AvgIpc) is 2.80. The Morgan fingerprint density at radius 2 is 1.79 bits per heavy atom. The Bertz CT molecular complexity index is 1390. The minimum Gasteiger partial charge on any atom is -0.480 e. The van der Waals surface area contributed by atoms with E-state index in [1.54, 1.807) is 25.1 Å². The molecule has 0 aliphatic rings. The second-order valence-electron chi connectivity index (χ2n) is 7.86. The van der Waals surface area contributed by atoms with E-state index in [9.17, 15) is 19.1 Å². The summed E-state index contributed by atoms with van der Waals surface area (Å²) < 4.78 is 15.1. The van der Waals surface area contributed by atoms with E-state index in [0.717, 1.165) is 21.6 Å². The number of carbonyl (C=O) groups is 1. The predicted molar refractivity (Wildman–Crippen MR) is 127 cm³/mol. The van der Waals surface area contributed by atoms with Crippen molar-refractivity contribution in [2.75, 3.05) is 0 Å². The van der Waals surface area contributed by atoms with E-state index in [-0.39, 0.29) is 24.3 Å². The number of carboxylic acids is 1. The highest BCUT2D eigenvalue weighted by Gasteiger charge is 2.20. The van der Waals surface area contributed by atoms with Crippen molar-refractivity contribution in [3.63, 3.8) is 0 Å². The number of aliphatic carboxylic acids is 1. The Morgan fingerprint density at radius 3 is 2.48 bits per heavy atom. The summed E-state index contributed by atoms with van der Waals surface area (Å²) >= 11 is 1.20. The molecule has 168 valence electrons. The molecule has 0 radical (unpaired) electrons. The monoisotopic (exact) mass is 463 g/mol. The number of hydrogen-bond donors (Lipinski definition) is 1. The minimum atomic E-state index is -0.970. The van der Waals surface area contributed by atoms with E-state index in [1.165, 1.54) is 22.5 Å². The second kappa shape index (κ2) is 9.54. The fourth-order valence-corrected chi connectivity index (χ4v) is 4.42. The number of fused-ring (bicyclic) bond motifs is 1. The molecule has 1 unspecified atom stereocenters. The zero-order valence-electron chi connectivity index (χ0n) is 18.2. The van der Waals surface area contributed by atoms with Gasteiger partial charge in [0.2, 0.25) is 0 Å². The maximum atomic E-state index is 13.9. The van der Waals surface area contributed by atoms with Crippen molar-refractivity contribution < 1.29 is 14.3 Å². The Hall–Kier alpha value is -3.52. The van der Waals surface area contributed by atoms with Crippen LogP contribution in [0, 0.1) is 19.7 Å². The molecular weight excluding hydrogens is 441 g/mol. The number of hydrogen-bond acceptors (Lipinski definition) is 5. The number of rotatable bonds is 7. The van der Waals surface area contributed by atoms with Crippen molar-refractivity contribution >= 4 is 28.6 Å². The number of thioether (sulfide) groups is 1. The SMILES string of the molecule is Cc1ccc2nnn(CCC(Sc3ccc(-c4ccc(C)c(F)c4)cc3)C(=O)O)c(=O)c2c1. The van der Waals surface area contributed by atoms with Crippen molar-refractivity contribution in [3.05, 3.63) is 88.0 Å². The summed E-state index contributed by atoms with van der Waals surface area (Å²) in [4.78, 5) is 25.3. The maximum Gasteiger partial charge on any atom is 0.317 e. The van der Waals surface area contributed by atoms with Crippen molar-refractivity contribution in [1.82, 2.24) is 15.0 Å². The number of aryl methyl sites for hydroxylation is 3. The van der Waals surface area contributed by atoms with Gasteiger partial charge in [0.15, 0.2) is 0 Å². The van der Waals surface area contributed by atoms with E-state index in [2.05, 4.69) is 10.3 Å². The first-order valence-corrected chi connectivity index (χ1v) is 11.3. The predicted octanol–water partition coefficient (Wildman–Crippen LogP) is 4.85. The smallest absolute Gasteiger partial charge is 0.317 e. The molecule has 3 aromatic carbocycles. The lowest BCUT2D eigenvalue weighted by molar-refractivity contribution is -0.136. The molecule has 0 saturated heterocycles. The quantitative estimate of drug-likeness (QED) is 0.395. The lowest BCUT2D eigenvalue weighted by Gasteiger charge is -2.13. The highest BCUT2D eigenvalue weighted by Crippen LogP contribution is 2.29. The van der Waals surface area contributed by atoms with Crippen LogP contribution in [0.4, 0.5) is 4.39 Å². The molecule has 0 spiro atoms. The third kappa shape index (κ3) is 5.12. The zero-order valence-corrected chi connectivity index (χ0v) is 19.0. The zero-order chi connectivity index (χ0) is 23.5. The van der Waals surface area contributed by atoms with Crippen molar-refractivity contribution in [1.29, 1.82) is 0 Å². The highest BCUT2D eigenvalue weighted by molar-refractivity contribution is 8.00. The largest absolute Gasteiger partial charge is 0.480 e. The maximum absolute atomic E-state index is 13.9. The molecule has 0 saturated carbocycles. The van der Waals surface area contributed by atoms with Crippen LogP contribution in [-0.2, 0) is 11.3 Å². The van der Waals surface area contributed by atoms with E-state index < -0.39 is 11.2 Å². The summed E-state index contributed by atoms with van der Waals surface area (Å²) in [6.07, 6.45) is 0.205. The van der Waals surface area contributed by atoms with Gasteiger partial charge in [-0.15, -0.1) is 16.9 Å². The third-order valence-corrected chi connectivity index (χ3v) is 6.66. The molecule has 0 aliphatic heterocycles. The summed E-state index contributed by atoms with van der Waals surface area (Å²) in [7, 11) is 0. The van der Waals surface area contributed by atoms with Crippen LogP contribution >= 0.6 is 11.8 Å². The number of benzene rings is 3. The standard InChI is InChI=1S/C25H22FN3O3S/c1-15-3-10-22-20(13-15)24(30)29(28-27-22)12-11-23(25(31)32)33-19-8-6-17(7-9-19)18-5-4-16(2)21(26)14-18/h3-10,13-14,23H,11-12H2,1-2H3,(H,31,32). The van der Waals surface area contributed by atoms with Gasteiger partial charge >= 0.3 is 5.97 Å². The highest BCUT2D eigenvalue weighted by atomic mass is 32.2. The van der Waals surface area contributed by atoms with Gasteiger partial charge in [-0.3, -0.25) is 9.59 Å². The van der Waals surface area contributed by atoms with Crippen LogP contribution in [0.5, 0.6) is 0 Å². The molecular formula is C25H22FN3O3S. The molecule has 0 aliphatic carbocycles. The van der Waals surface area contributed by atoms with E-state index in [1.807, 2.05) is 43.3 Å². The Morgan fingerprint density at radius 1 is 1.06 bits per heavy atom. The minimum absolute atomic E-state index is 0.139. The van der Waals surface area contributed by atoms with Crippen LogP contribution in [0.2, 0.25) is 0 Å². The molecule has 8 heteroatoms. The lowest BCUT2D eigenvalue weighted by Crippen LogP contribution is -2.27. The van der Waals surface area contributed by atoms with Crippen molar-refractivity contribution in [3.8, 4) is 11.1 Å². The second-order valence-corrected chi connectivity index (χ2v) is 9.14. The van der Waals surface area contributed by atoms with Crippen LogP contribution in [-0.4, -0.2) is 31.3 Å². The van der Waals surface area contributed by atoms with Crippen molar-refractivity contribution in [2.24, 2.45) is 0 Å². The summed E-state index contributed by atoms with van der Waals surface area (Å²) in [6.45, 7) is 3.74. The molecule has 1 N–H and O–H groups in total. The third-order valence-electron chi connectivity index (χ3n) is 5.39. The van der Waals surface area contributed by atoms with Gasteiger partial charge in [-0.25, -0.2) is 9.07 Å². The summed E-state index contributed by atoms with van der Waals surface area (Å²) in [5, 5.41) is 17.4. The van der Waals surface area contributed by atoms with Crippen LogP contribution in [0.15, 0.2) is 70.4 Å². The van der Waals surface area contributed by atoms with Crippen molar-refractivity contribution in [2.45, 2.75) is 37.0 Å². The normalized spacial score (nSPS) is 12.1. The molecule has 33 heavy (non-hydrogen) atoms. The van der Waals surface area contributed by atoms with Gasteiger partial charge < -0.3 is 5.11 Å². The fourth-order valence-electron chi connectivity index (χ4n) is 3.47. The topological polar surface area (TPSA) is 85.1 Å². The first kappa shape index (κ1) is 22.7. The summed E-state index contributed by atoms with van der Waals surface area (Å²) in [5.74, 6) is -1.23. The van der Waals surface area contributed by atoms with Crippen LogP contribution < -0.4 is 5.56 Å². The van der Waals surface area contributed by atoms with Gasteiger partial charge in [0.05, 0.1) is 5.39 Å². The first-order chi connectivity index (χ1) is 15.8. The number of nitrogens with zero attached hydrogens (tertiary/aromatic N) is 3. The van der Waals surface area contributed by atoms with E-state index >= 15 is 0 Å². The number of aromatic nitrogens is 3. The number of carboxylic acid groups (broad SMARTS) is 1. The molecule has 6 nitrogen and oxygen atoms in total. The van der Waals surface area contributed by atoms with Gasteiger partial charge in [-0.2, -0.15) is 0 Å². The van der Waals surface area contributed by atoms with Gasteiger partial charge in [-0.1, -0.05) is 41.1 Å². The van der Waals surface area contributed by atoms with E-state index in [4.69, 9.17) is 0 Å². The molecule has 0 amide bonds. The van der Waals surface area contributed by atoms with Crippen LogP contribution in [0.3, 0.4) is 0 Å². The average molecular weight is 464 g/mol. The van der Waals surface area contributed by atoms with Crippen LogP contribution in [0.25, 0.3) is 22.0 Å². The Kier molecular flexibility index (Phi) is 6.55. The molecule has 0 bridgehead atoms. The van der Waals surface area contributed by atoms with Gasteiger partial charge in [0.25, 0.3) is 5.56 Å². The van der Waals surface area contributed by atoms with Crippen LogP contribution in [0.1, 0.15) is 17.5 Å². The molecule has 1 heterocycles. The lowest BCUT2D eigenvalue weighted by atomic mass is 10.0. The van der Waals surface area contributed by atoms with Gasteiger partial charge in [0.1, 0.15) is 16.6 Å². The van der Waals surface area contributed by atoms with Gasteiger partial charge in [0, 0.05) is 11.4 Å². The summed E-state index contributed by atoms with van der Waals surface area (Å²) in [5.41, 5.74) is 3.36. The Balaban J connectivity index is 1.48. The first-order valence-electron chi connectivity index (χ1n) is 10.4. The molecule has 4 rings (SSSR count). The molecule has 0 fully saturated rings. The van der Waals surface area contributed by atoms with Gasteiger partial charge in [-0.05, 0) is 67.3 Å². The fraction of sp³-hybridized carbons (Fsp3) is 0.200. The molecule has 1 atom stereocenters. The van der Waals surface area contributed by atoms with E-state index in [0.29, 0.717) is 16.5 Å². The summed E-state index contributed by atoms with van der Waals surface area (Å²) in [6, 6.07) is 17.7. The molecule has 1 aromatic heterocycles.